The lowest BCUT2D eigenvalue weighted by Crippen LogP contribution is -1.93. The van der Waals surface area contributed by atoms with E-state index in [4.69, 9.17) is 5.11 Å². The predicted octanol–water partition coefficient (Wildman–Crippen LogP) is 3.51. The highest BCUT2D eigenvalue weighted by atomic mass is 32.1. The van der Waals surface area contributed by atoms with Crippen molar-refractivity contribution < 1.29 is 9.90 Å². The summed E-state index contributed by atoms with van der Waals surface area (Å²) in [6.07, 6.45) is 1.81. The molecule has 100 valence electrons. The minimum absolute atomic E-state index is 0.334. The van der Waals surface area contributed by atoms with Crippen LogP contribution in [-0.2, 0) is 7.05 Å². The lowest BCUT2D eigenvalue weighted by Gasteiger charge is -2.04. The molecule has 0 saturated heterocycles. The van der Waals surface area contributed by atoms with Crippen LogP contribution in [0.4, 0.5) is 0 Å². The third-order valence-electron chi connectivity index (χ3n) is 3.07. The van der Waals surface area contributed by atoms with Gasteiger partial charge in [-0.25, -0.2) is 4.79 Å². The molecule has 5 heteroatoms. The maximum absolute atomic E-state index is 11.0. The summed E-state index contributed by atoms with van der Waals surface area (Å²) in [5, 5.41) is 13.3. The molecular weight excluding hydrogens is 272 g/mol. The second-order valence-corrected chi connectivity index (χ2v) is 5.45. The maximum Gasteiger partial charge on any atom is 0.345 e. The maximum atomic E-state index is 11.0. The van der Waals surface area contributed by atoms with Gasteiger partial charge >= 0.3 is 5.97 Å². The Labute approximate surface area is 119 Å². The molecule has 0 radical (unpaired) electrons. The van der Waals surface area contributed by atoms with Crippen molar-refractivity contribution in [2.24, 2.45) is 7.05 Å². The number of aromatic nitrogens is 2. The molecule has 4 nitrogen and oxygen atoms in total. The van der Waals surface area contributed by atoms with E-state index in [0.29, 0.717) is 4.88 Å². The summed E-state index contributed by atoms with van der Waals surface area (Å²) in [7, 11) is 1.86. The van der Waals surface area contributed by atoms with E-state index in [-0.39, 0.29) is 0 Å². The molecule has 1 N–H and O–H groups in total. The quantitative estimate of drug-likeness (QED) is 0.800. The fourth-order valence-corrected chi connectivity index (χ4v) is 3.07. The van der Waals surface area contributed by atoms with Gasteiger partial charge in [-0.3, -0.25) is 4.68 Å². The topological polar surface area (TPSA) is 55.1 Å². The third-order valence-corrected chi connectivity index (χ3v) is 4.15. The highest BCUT2D eigenvalue weighted by Gasteiger charge is 2.16. The molecule has 0 spiro atoms. The van der Waals surface area contributed by atoms with Crippen LogP contribution < -0.4 is 0 Å². The van der Waals surface area contributed by atoms with Crippen molar-refractivity contribution in [3.63, 3.8) is 0 Å². The second kappa shape index (κ2) is 4.94. The third kappa shape index (κ3) is 2.12. The van der Waals surface area contributed by atoms with Crippen molar-refractivity contribution in [3.8, 4) is 21.7 Å². The zero-order valence-corrected chi connectivity index (χ0v) is 11.6. The number of aryl methyl sites for hydroxylation is 1. The number of aromatic carboxylic acids is 1. The van der Waals surface area contributed by atoms with Crippen molar-refractivity contribution in [1.29, 1.82) is 0 Å². The van der Waals surface area contributed by atoms with Crippen LogP contribution in [0.5, 0.6) is 0 Å². The molecule has 20 heavy (non-hydrogen) atoms. The number of benzene rings is 1. The zero-order valence-electron chi connectivity index (χ0n) is 10.8. The first kappa shape index (κ1) is 12.6. The summed E-state index contributed by atoms with van der Waals surface area (Å²) in [5.74, 6) is -0.898. The molecule has 3 aromatic rings. The minimum atomic E-state index is -0.898. The molecule has 0 aliphatic heterocycles. The Morgan fingerprint density at radius 2 is 1.95 bits per heavy atom. The number of nitrogens with zero attached hydrogens (tertiary/aromatic N) is 2. The van der Waals surface area contributed by atoms with Gasteiger partial charge in [0.2, 0.25) is 0 Å². The lowest BCUT2D eigenvalue weighted by molar-refractivity contribution is 0.0702. The number of hydrogen-bond acceptors (Lipinski definition) is 3. The monoisotopic (exact) mass is 284 g/mol. The van der Waals surface area contributed by atoms with E-state index in [1.54, 1.807) is 10.7 Å². The summed E-state index contributed by atoms with van der Waals surface area (Å²) in [6.45, 7) is 0. The van der Waals surface area contributed by atoms with Crippen molar-refractivity contribution in [3.05, 3.63) is 53.5 Å². The van der Waals surface area contributed by atoms with Crippen molar-refractivity contribution in [2.75, 3.05) is 0 Å². The van der Waals surface area contributed by atoms with Crippen LogP contribution in [0, 0.1) is 0 Å². The summed E-state index contributed by atoms with van der Waals surface area (Å²) in [6, 6.07) is 13.4. The van der Waals surface area contributed by atoms with Crippen LogP contribution in [0.2, 0.25) is 0 Å². The lowest BCUT2D eigenvalue weighted by atomic mass is 10.1. The Bertz CT molecular complexity index is 759. The molecule has 0 aliphatic rings. The van der Waals surface area contributed by atoms with Crippen LogP contribution >= 0.6 is 11.3 Å². The van der Waals surface area contributed by atoms with Gasteiger partial charge < -0.3 is 5.11 Å². The number of hydrogen-bond donors (Lipinski definition) is 1. The van der Waals surface area contributed by atoms with Gasteiger partial charge in [0.25, 0.3) is 0 Å². The van der Waals surface area contributed by atoms with Gasteiger partial charge in [0.05, 0.1) is 16.8 Å². The van der Waals surface area contributed by atoms with Crippen LogP contribution in [0.3, 0.4) is 0 Å². The number of carboxylic acid groups (broad SMARTS) is 1. The van der Waals surface area contributed by atoms with E-state index in [1.165, 1.54) is 11.3 Å². The Morgan fingerprint density at radius 1 is 1.20 bits per heavy atom. The SMILES string of the molecule is Cn1ncc(-c2ccccc2)c1-c1ccc(C(=O)O)s1. The van der Waals surface area contributed by atoms with Crippen molar-refractivity contribution in [1.82, 2.24) is 9.78 Å². The molecule has 0 atom stereocenters. The smallest absolute Gasteiger partial charge is 0.345 e. The Morgan fingerprint density at radius 3 is 2.60 bits per heavy atom. The highest BCUT2D eigenvalue weighted by molar-refractivity contribution is 7.17. The van der Waals surface area contributed by atoms with Gasteiger partial charge in [-0.2, -0.15) is 5.10 Å². The van der Waals surface area contributed by atoms with Crippen LogP contribution in [-0.4, -0.2) is 20.9 Å². The first-order chi connectivity index (χ1) is 9.66. The van der Waals surface area contributed by atoms with Crippen LogP contribution in [0.15, 0.2) is 48.7 Å². The standard InChI is InChI=1S/C15H12N2O2S/c1-17-14(12-7-8-13(20-12)15(18)19)11(9-16-17)10-5-3-2-4-6-10/h2-9H,1H3,(H,18,19). The van der Waals surface area contributed by atoms with E-state index in [0.717, 1.165) is 21.7 Å². The van der Waals surface area contributed by atoms with Gasteiger partial charge in [-0.1, -0.05) is 30.3 Å². The second-order valence-electron chi connectivity index (χ2n) is 4.37. The fraction of sp³-hybridized carbons (Fsp3) is 0.0667. The number of thiophene rings is 1. The van der Waals surface area contributed by atoms with Crippen LogP contribution in [0.1, 0.15) is 9.67 Å². The molecule has 1 aromatic carbocycles. The van der Waals surface area contributed by atoms with Crippen LogP contribution in [0.25, 0.3) is 21.7 Å². The number of carbonyl (C=O) groups is 1. The molecule has 2 heterocycles. The number of carboxylic acids is 1. The molecule has 3 rings (SSSR count). The van der Waals surface area contributed by atoms with Gasteiger partial charge in [-0.15, -0.1) is 11.3 Å². The van der Waals surface area contributed by atoms with E-state index in [9.17, 15) is 4.79 Å². The van der Waals surface area contributed by atoms with E-state index >= 15 is 0 Å². The molecule has 0 saturated carbocycles. The summed E-state index contributed by atoms with van der Waals surface area (Å²) in [5.41, 5.74) is 3.02. The van der Waals surface area contributed by atoms with Gasteiger partial charge in [0.1, 0.15) is 4.88 Å². The average molecular weight is 284 g/mol. The molecule has 2 aromatic heterocycles. The normalized spacial score (nSPS) is 10.7. The van der Waals surface area contributed by atoms with E-state index < -0.39 is 5.97 Å². The molecule has 0 bridgehead atoms. The number of rotatable bonds is 3. The van der Waals surface area contributed by atoms with Gasteiger partial charge in [0, 0.05) is 12.6 Å². The van der Waals surface area contributed by atoms with Gasteiger partial charge in [0.15, 0.2) is 0 Å². The van der Waals surface area contributed by atoms with E-state index in [1.807, 2.05) is 49.6 Å². The largest absolute Gasteiger partial charge is 0.477 e. The molecule has 0 fully saturated rings. The van der Waals surface area contributed by atoms with Crippen molar-refractivity contribution >= 4 is 17.3 Å². The molecule has 0 unspecified atom stereocenters. The summed E-state index contributed by atoms with van der Waals surface area (Å²) < 4.78 is 1.78. The Balaban J connectivity index is 2.14. The summed E-state index contributed by atoms with van der Waals surface area (Å²) >= 11 is 1.26. The highest BCUT2D eigenvalue weighted by Crippen LogP contribution is 2.35. The van der Waals surface area contributed by atoms with E-state index in [2.05, 4.69) is 5.10 Å². The molecule has 0 amide bonds. The zero-order chi connectivity index (χ0) is 14.1. The minimum Gasteiger partial charge on any atom is -0.477 e. The average Bonchev–Trinajstić information content (AvgIpc) is 3.06. The predicted molar refractivity (Wildman–Crippen MR) is 78.9 cm³/mol. The Hall–Kier alpha value is -2.40. The summed E-state index contributed by atoms with van der Waals surface area (Å²) in [4.78, 5) is 12.2. The fourth-order valence-electron chi connectivity index (χ4n) is 2.14. The Kier molecular flexibility index (Phi) is 3.12. The van der Waals surface area contributed by atoms with Crippen molar-refractivity contribution in [2.45, 2.75) is 0 Å². The molecule has 0 aliphatic carbocycles. The first-order valence-electron chi connectivity index (χ1n) is 6.08. The van der Waals surface area contributed by atoms with Gasteiger partial charge in [-0.05, 0) is 17.7 Å². The first-order valence-corrected chi connectivity index (χ1v) is 6.89. The molecular formula is C15H12N2O2S.